The molecule has 0 saturated carbocycles. The van der Waals surface area contributed by atoms with Gasteiger partial charge in [0.25, 0.3) is 0 Å². The van der Waals surface area contributed by atoms with E-state index in [0.29, 0.717) is 26.0 Å². The van der Waals surface area contributed by atoms with Gasteiger partial charge in [-0.15, -0.1) is 0 Å². The zero-order chi connectivity index (χ0) is 47.6. The number of unbranched alkanes of at least 4 members (excludes halogenated alkanes) is 24. The van der Waals surface area contributed by atoms with Crippen LogP contribution in [-0.4, -0.2) is 82.1 Å². The van der Waals surface area contributed by atoms with Crippen molar-refractivity contribution in [3.05, 3.63) is 18.5 Å². The van der Waals surface area contributed by atoms with Gasteiger partial charge in [-0.05, 0) is 118 Å². The van der Waals surface area contributed by atoms with Gasteiger partial charge in [0.05, 0.1) is 6.61 Å². The van der Waals surface area contributed by atoms with Crippen molar-refractivity contribution >= 4 is 18.0 Å². The van der Waals surface area contributed by atoms with Gasteiger partial charge >= 0.3 is 18.0 Å². The third-order valence-electron chi connectivity index (χ3n) is 12.6. The average molecular weight is 917 g/mol. The molecule has 65 heavy (non-hydrogen) atoms. The maximum absolute atomic E-state index is 13.4. The summed E-state index contributed by atoms with van der Waals surface area (Å²) >= 11 is 0. The van der Waals surface area contributed by atoms with Crippen molar-refractivity contribution in [1.82, 2.24) is 19.6 Å². The van der Waals surface area contributed by atoms with Gasteiger partial charge in [-0.3, -0.25) is 14.5 Å². The van der Waals surface area contributed by atoms with Crippen LogP contribution in [0.25, 0.3) is 0 Å². The Kier molecular flexibility index (Phi) is 38.6. The SMILES string of the molecule is CCCCCCCCCOC(=O)CCCCCCCN(CCCCCCCC(=O)OC(CCCCCCCC)CCCCCCCC)CCCN(C(=O)OC(C)(C)C)C(C)n1cccn1. The van der Waals surface area contributed by atoms with E-state index < -0.39 is 5.60 Å². The Morgan fingerprint density at radius 1 is 0.554 bits per heavy atom. The number of rotatable bonds is 45. The second kappa shape index (κ2) is 41.6. The van der Waals surface area contributed by atoms with E-state index in [9.17, 15) is 14.4 Å². The number of carbonyl (C=O) groups is 3. The van der Waals surface area contributed by atoms with Crippen LogP contribution >= 0.6 is 0 Å². The monoisotopic (exact) mass is 917 g/mol. The number of esters is 2. The summed E-state index contributed by atoms with van der Waals surface area (Å²) in [4.78, 5) is 43.0. The molecule has 0 N–H and O–H groups in total. The number of carbonyl (C=O) groups excluding carboxylic acids is 3. The summed E-state index contributed by atoms with van der Waals surface area (Å²) in [5.41, 5.74) is -0.581. The van der Waals surface area contributed by atoms with E-state index in [4.69, 9.17) is 14.2 Å². The molecule has 1 unspecified atom stereocenters. The molecule has 0 bridgehead atoms. The minimum atomic E-state index is -0.581. The highest BCUT2D eigenvalue weighted by Crippen LogP contribution is 2.21. The lowest BCUT2D eigenvalue weighted by Gasteiger charge is -2.32. The quantitative estimate of drug-likeness (QED) is 0.0362. The zero-order valence-corrected chi connectivity index (χ0v) is 43.7. The van der Waals surface area contributed by atoms with Gasteiger partial charge in [0.2, 0.25) is 0 Å². The van der Waals surface area contributed by atoms with Gasteiger partial charge in [0.15, 0.2) is 0 Å². The van der Waals surface area contributed by atoms with E-state index in [1.807, 2.05) is 44.6 Å². The first-order valence-corrected chi connectivity index (χ1v) is 27.6. The van der Waals surface area contributed by atoms with E-state index in [-0.39, 0.29) is 30.3 Å². The maximum atomic E-state index is 13.4. The molecule has 0 fully saturated rings. The smallest absolute Gasteiger partial charge is 0.411 e. The largest absolute Gasteiger partial charge is 0.466 e. The van der Waals surface area contributed by atoms with Crippen LogP contribution < -0.4 is 0 Å². The van der Waals surface area contributed by atoms with Crippen LogP contribution in [0.2, 0.25) is 0 Å². The minimum absolute atomic E-state index is 0.000762. The van der Waals surface area contributed by atoms with Crippen LogP contribution in [-0.2, 0) is 23.8 Å². The number of aromatic nitrogens is 2. The molecular formula is C55H104N4O6. The molecule has 1 heterocycles. The van der Waals surface area contributed by atoms with Gasteiger partial charge in [0.1, 0.15) is 17.9 Å². The topological polar surface area (TPSA) is 103 Å². The van der Waals surface area contributed by atoms with Crippen LogP contribution in [0.5, 0.6) is 0 Å². The van der Waals surface area contributed by atoms with E-state index in [0.717, 1.165) is 116 Å². The van der Waals surface area contributed by atoms with Gasteiger partial charge in [0, 0.05) is 31.8 Å². The highest BCUT2D eigenvalue weighted by Gasteiger charge is 2.27. The van der Waals surface area contributed by atoms with Crippen LogP contribution in [0.4, 0.5) is 4.79 Å². The lowest BCUT2D eigenvalue weighted by atomic mass is 10.0. The third kappa shape index (κ3) is 36.1. The molecule has 1 atom stereocenters. The van der Waals surface area contributed by atoms with Crippen molar-refractivity contribution < 1.29 is 28.6 Å². The fourth-order valence-electron chi connectivity index (χ4n) is 8.59. The van der Waals surface area contributed by atoms with Crippen molar-refractivity contribution in [2.24, 2.45) is 0 Å². The normalized spacial score (nSPS) is 12.3. The van der Waals surface area contributed by atoms with E-state index in [1.54, 1.807) is 11.1 Å². The number of hydrogen-bond acceptors (Lipinski definition) is 8. The zero-order valence-electron chi connectivity index (χ0n) is 43.7. The van der Waals surface area contributed by atoms with Crippen LogP contribution in [0.3, 0.4) is 0 Å². The Labute approximate surface area is 400 Å². The molecule has 0 radical (unpaired) electrons. The molecule has 0 aromatic carbocycles. The lowest BCUT2D eigenvalue weighted by Crippen LogP contribution is -2.42. The standard InChI is InChI=1S/C55H104N4O6/c1-8-11-14-17-20-29-36-49-63-52(60)41-32-25-21-27-34-44-57(46-38-47-58(54(62)65-55(5,6)7)50(4)59-48-37-43-56-59)45-35-28-22-26-33-42-53(61)64-51(39-30-23-18-15-12-9-2)40-31-24-19-16-13-10-3/h37,43,48,50-51H,8-36,38-42,44-47,49H2,1-7H3. The molecule has 1 aromatic heterocycles. The molecule has 1 rings (SSSR count). The molecule has 0 aliphatic carbocycles. The second-order valence-electron chi connectivity index (χ2n) is 20.1. The summed E-state index contributed by atoms with van der Waals surface area (Å²) in [7, 11) is 0. The Morgan fingerprint density at radius 3 is 1.49 bits per heavy atom. The van der Waals surface area contributed by atoms with Crippen molar-refractivity contribution in [3.8, 4) is 0 Å². The number of ether oxygens (including phenoxy) is 3. The van der Waals surface area contributed by atoms with Crippen LogP contribution in [0.1, 0.15) is 273 Å². The lowest BCUT2D eigenvalue weighted by molar-refractivity contribution is -0.150. The summed E-state index contributed by atoms with van der Waals surface area (Å²) in [6.07, 6.45) is 41.5. The molecule has 1 amide bonds. The van der Waals surface area contributed by atoms with Gasteiger partial charge < -0.3 is 19.1 Å². The Bertz CT molecular complexity index is 1220. The third-order valence-corrected chi connectivity index (χ3v) is 12.6. The first-order chi connectivity index (χ1) is 31.5. The van der Waals surface area contributed by atoms with Crippen LogP contribution in [0.15, 0.2) is 18.5 Å². The molecule has 0 spiro atoms. The summed E-state index contributed by atoms with van der Waals surface area (Å²) in [6, 6.07) is 1.88. The minimum Gasteiger partial charge on any atom is -0.466 e. The molecule has 1 aromatic rings. The average Bonchev–Trinajstić information content (AvgIpc) is 3.82. The second-order valence-corrected chi connectivity index (χ2v) is 20.1. The number of amides is 1. The van der Waals surface area contributed by atoms with Gasteiger partial charge in [-0.25, -0.2) is 9.48 Å². The van der Waals surface area contributed by atoms with Crippen LogP contribution in [0, 0.1) is 0 Å². The molecule has 0 saturated heterocycles. The molecule has 10 heteroatoms. The van der Waals surface area contributed by atoms with E-state index in [2.05, 4.69) is 30.8 Å². The summed E-state index contributed by atoms with van der Waals surface area (Å²) in [6.45, 7) is 18.6. The number of nitrogens with zero attached hydrogens (tertiary/aromatic N) is 4. The fraction of sp³-hybridized carbons (Fsp3) is 0.891. The molecule has 0 aliphatic heterocycles. The summed E-state index contributed by atoms with van der Waals surface area (Å²) < 4.78 is 19.2. The Balaban J connectivity index is 2.58. The fourth-order valence-corrected chi connectivity index (χ4v) is 8.59. The molecule has 0 aliphatic rings. The van der Waals surface area contributed by atoms with Crippen molar-refractivity contribution in [2.45, 2.75) is 285 Å². The van der Waals surface area contributed by atoms with Crippen molar-refractivity contribution in [2.75, 3.05) is 32.8 Å². The highest BCUT2D eigenvalue weighted by molar-refractivity contribution is 5.69. The van der Waals surface area contributed by atoms with Crippen molar-refractivity contribution in [1.29, 1.82) is 0 Å². The van der Waals surface area contributed by atoms with Crippen molar-refractivity contribution in [3.63, 3.8) is 0 Å². The maximum Gasteiger partial charge on any atom is 0.411 e. The molecular weight excluding hydrogens is 813 g/mol. The molecule has 10 nitrogen and oxygen atoms in total. The van der Waals surface area contributed by atoms with Gasteiger partial charge in [-0.2, -0.15) is 5.10 Å². The van der Waals surface area contributed by atoms with E-state index >= 15 is 0 Å². The summed E-state index contributed by atoms with van der Waals surface area (Å²) in [5, 5.41) is 4.41. The van der Waals surface area contributed by atoms with Gasteiger partial charge in [-0.1, -0.05) is 162 Å². The highest BCUT2D eigenvalue weighted by atomic mass is 16.6. The first kappa shape index (κ1) is 60.4. The first-order valence-electron chi connectivity index (χ1n) is 27.6. The Hall–Kier alpha value is -2.62. The predicted octanol–water partition coefficient (Wildman–Crippen LogP) is 15.7. The van der Waals surface area contributed by atoms with E-state index in [1.165, 1.54) is 109 Å². The Morgan fingerprint density at radius 2 is 1.00 bits per heavy atom. The number of hydrogen-bond donors (Lipinski definition) is 0. The summed E-state index contributed by atoms with van der Waals surface area (Å²) in [5.74, 6) is -0.0465. The predicted molar refractivity (Wildman–Crippen MR) is 271 cm³/mol. The molecule has 380 valence electrons.